The number of hydrogen-bond donors (Lipinski definition) is 4. The van der Waals surface area contributed by atoms with E-state index in [4.69, 9.17) is 23.7 Å². The van der Waals surface area contributed by atoms with Crippen molar-refractivity contribution in [1.29, 1.82) is 0 Å². The number of aliphatic hydroxyl groups excluding tert-OH is 4. The van der Waals surface area contributed by atoms with Crippen LogP contribution in [-0.4, -0.2) is 89.7 Å². The maximum absolute atomic E-state index is 12.3. The standard InChI is InChI=1S/C21H32O11/c1-4-6-7-29-15(23)8-12-11(5-2)20(30-10-13(12)19(27)28-3)32-21-18(26)17(25)16(24)14(9-22)31-21/h5,10-12,14,16-18,20-22,24-26H,2,4,6-9H2,1,3H3/t11-,12+,14-,16-,17+,18-,20+,21+/m1/s1. The van der Waals surface area contributed by atoms with E-state index in [9.17, 15) is 30.0 Å². The third kappa shape index (κ3) is 6.06. The average molecular weight is 460 g/mol. The van der Waals surface area contributed by atoms with E-state index in [0.717, 1.165) is 12.7 Å². The van der Waals surface area contributed by atoms with Crippen LogP contribution in [0.2, 0.25) is 0 Å². The van der Waals surface area contributed by atoms with E-state index in [2.05, 4.69) is 6.58 Å². The number of carbonyl (C=O) groups excluding carboxylic acids is 2. The van der Waals surface area contributed by atoms with E-state index in [1.807, 2.05) is 6.92 Å². The lowest BCUT2D eigenvalue weighted by Crippen LogP contribution is -2.60. The topological polar surface area (TPSA) is 161 Å². The Morgan fingerprint density at radius 2 is 1.91 bits per heavy atom. The molecule has 1 saturated heterocycles. The summed E-state index contributed by atoms with van der Waals surface area (Å²) in [6, 6.07) is 0. The fraction of sp³-hybridized carbons (Fsp3) is 0.714. The summed E-state index contributed by atoms with van der Waals surface area (Å²) < 4.78 is 26.5. The Morgan fingerprint density at radius 3 is 2.50 bits per heavy atom. The lowest BCUT2D eigenvalue weighted by atomic mass is 9.81. The van der Waals surface area contributed by atoms with Gasteiger partial charge in [0.05, 0.1) is 38.6 Å². The second kappa shape index (κ2) is 12.3. The van der Waals surface area contributed by atoms with Crippen LogP contribution in [0.25, 0.3) is 0 Å². The molecule has 0 radical (unpaired) electrons. The lowest BCUT2D eigenvalue weighted by molar-refractivity contribution is -0.339. The fourth-order valence-electron chi connectivity index (χ4n) is 3.56. The summed E-state index contributed by atoms with van der Waals surface area (Å²) in [7, 11) is 1.19. The molecule has 0 aromatic carbocycles. The molecule has 0 unspecified atom stereocenters. The van der Waals surface area contributed by atoms with Gasteiger partial charge in [0.15, 0.2) is 6.29 Å². The summed E-state index contributed by atoms with van der Waals surface area (Å²) in [4.78, 5) is 24.6. The largest absolute Gasteiger partial charge is 0.471 e. The molecular formula is C21H32O11. The summed E-state index contributed by atoms with van der Waals surface area (Å²) >= 11 is 0. The van der Waals surface area contributed by atoms with Crippen molar-refractivity contribution < 1.29 is 53.7 Å². The molecule has 0 amide bonds. The second-order valence-electron chi connectivity index (χ2n) is 7.60. The number of aliphatic hydroxyl groups is 4. The number of rotatable bonds is 10. The van der Waals surface area contributed by atoms with Crippen molar-refractivity contribution in [1.82, 2.24) is 0 Å². The SMILES string of the molecule is C=C[C@H]1[C@H](O[C@@H]2O[C@H](CO)[C@@H](O)[C@H](O)[C@H]2O)OC=C(C(=O)OC)[C@H]1CC(=O)OCCCC. The van der Waals surface area contributed by atoms with Crippen LogP contribution in [0.3, 0.4) is 0 Å². The molecule has 0 spiro atoms. The molecule has 2 aliphatic heterocycles. The molecule has 0 aromatic heterocycles. The van der Waals surface area contributed by atoms with Crippen LogP contribution < -0.4 is 0 Å². The minimum Gasteiger partial charge on any atom is -0.471 e. The number of hydrogen-bond acceptors (Lipinski definition) is 11. The monoisotopic (exact) mass is 460 g/mol. The molecule has 11 nitrogen and oxygen atoms in total. The van der Waals surface area contributed by atoms with Crippen LogP contribution >= 0.6 is 0 Å². The molecule has 0 aromatic rings. The Balaban J connectivity index is 2.21. The second-order valence-corrected chi connectivity index (χ2v) is 7.60. The van der Waals surface area contributed by atoms with Crippen LogP contribution in [0.15, 0.2) is 24.5 Å². The van der Waals surface area contributed by atoms with Gasteiger partial charge < -0.3 is 44.1 Å². The van der Waals surface area contributed by atoms with Crippen LogP contribution in [0, 0.1) is 11.8 Å². The van der Waals surface area contributed by atoms with Gasteiger partial charge in [-0.15, -0.1) is 6.58 Å². The van der Waals surface area contributed by atoms with E-state index in [1.165, 1.54) is 13.2 Å². The maximum Gasteiger partial charge on any atom is 0.337 e. The van der Waals surface area contributed by atoms with Gasteiger partial charge >= 0.3 is 11.9 Å². The highest BCUT2D eigenvalue weighted by Crippen LogP contribution is 2.37. The van der Waals surface area contributed by atoms with Crippen LogP contribution in [0.5, 0.6) is 0 Å². The summed E-state index contributed by atoms with van der Waals surface area (Å²) in [6.45, 7) is 5.31. The number of esters is 2. The van der Waals surface area contributed by atoms with E-state index in [1.54, 1.807) is 0 Å². The molecule has 2 aliphatic rings. The zero-order valence-corrected chi connectivity index (χ0v) is 18.2. The fourth-order valence-corrected chi connectivity index (χ4v) is 3.56. The van der Waals surface area contributed by atoms with Gasteiger partial charge in [-0.1, -0.05) is 19.4 Å². The summed E-state index contributed by atoms with van der Waals surface area (Å²) in [5.41, 5.74) is 0.0819. The van der Waals surface area contributed by atoms with Crippen LogP contribution in [-0.2, 0) is 33.3 Å². The zero-order valence-electron chi connectivity index (χ0n) is 18.2. The third-order valence-electron chi connectivity index (χ3n) is 5.46. The summed E-state index contributed by atoms with van der Waals surface area (Å²) in [5.74, 6) is -2.76. The first kappa shape index (κ1) is 26.2. The molecule has 1 fully saturated rings. The van der Waals surface area contributed by atoms with E-state index < -0.39 is 67.4 Å². The van der Waals surface area contributed by atoms with Gasteiger partial charge in [0.2, 0.25) is 6.29 Å². The molecule has 182 valence electrons. The van der Waals surface area contributed by atoms with E-state index in [0.29, 0.717) is 6.42 Å². The molecular weight excluding hydrogens is 428 g/mol. The number of carbonyl (C=O) groups is 2. The third-order valence-corrected chi connectivity index (χ3v) is 5.46. The summed E-state index contributed by atoms with van der Waals surface area (Å²) in [5, 5.41) is 39.5. The number of unbranched alkanes of at least 4 members (excludes halogenated alkanes) is 1. The van der Waals surface area contributed by atoms with Crippen molar-refractivity contribution in [3.63, 3.8) is 0 Å². The van der Waals surface area contributed by atoms with Gasteiger partial charge in [0.25, 0.3) is 0 Å². The Hall–Kier alpha value is -2.02. The summed E-state index contributed by atoms with van der Waals surface area (Å²) in [6.07, 6.45) is -4.75. The van der Waals surface area contributed by atoms with Gasteiger partial charge in [-0.05, 0) is 6.42 Å². The molecule has 8 atom stereocenters. The lowest BCUT2D eigenvalue weighted by Gasteiger charge is -2.42. The normalized spacial score (nSPS) is 34.8. The quantitative estimate of drug-likeness (QED) is 0.187. The Morgan fingerprint density at radius 1 is 1.19 bits per heavy atom. The van der Waals surface area contributed by atoms with Crippen molar-refractivity contribution in [3.8, 4) is 0 Å². The van der Waals surface area contributed by atoms with E-state index in [-0.39, 0.29) is 18.6 Å². The van der Waals surface area contributed by atoms with Crippen molar-refractivity contribution in [3.05, 3.63) is 24.5 Å². The van der Waals surface area contributed by atoms with Crippen molar-refractivity contribution in [2.45, 2.75) is 63.2 Å². The number of ether oxygens (including phenoxy) is 5. The van der Waals surface area contributed by atoms with Gasteiger partial charge in [-0.2, -0.15) is 0 Å². The molecule has 2 rings (SSSR count). The number of methoxy groups -OCH3 is 1. The predicted octanol–water partition coefficient (Wildman–Crippen LogP) is -0.632. The Kier molecular flexibility index (Phi) is 10.1. The average Bonchev–Trinajstić information content (AvgIpc) is 2.79. The molecule has 11 heteroatoms. The first-order valence-corrected chi connectivity index (χ1v) is 10.5. The highest BCUT2D eigenvalue weighted by atomic mass is 16.8. The smallest absolute Gasteiger partial charge is 0.337 e. The first-order chi connectivity index (χ1) is 15.3. The molecule has 2 heterocycles. The highest BCUT2D eigenvalue weighted by Gasteiger charge is 2.47. The first-order valence-electron chi connectivity index (χ1n) is 10.5. The maximum atomic E-state index is 12.3. The van der Waals surface area contributed by atoms with Crippen molar-refractivity contribution in [2.24, 2.45) is 11.8 Å². The van der Waals surface area contributed by atoms with Crippen LogP contribution in [0.4, 0.5) is 0 Å². The minimum atomic E-state index is -1.65. The zero-order chi connectivity index (χ0) is 23.8. The molecule has 4 N–H and O–H groups in total. The van der Waals surface area contributed by atoms with Gasteiger partial charge in [-0.25, -0.2) is 4.79 Å². The van der Waals surface area contributed by atoms with Gasteiger partial charge in [-0.3, -0.25) is 4.79 Å². The minimum absolute atomic E-state index is 0.0819. The van der Waals surface area contributed by atoms with Gasteiger partial charge in [0, 0.05) is 11.8 Å². The van der Waals surface area contributed by atoms with Crippen molar-refractivity contribution in [2.75, 3.05) is 20.3 Å². The molecule has 0 saturated carbocycles. The molecule has 0 bridgehead atoms. The highest BCUT2D eigenvalue weighted by molar-refractivity contribution is 5.90. The Bertz CT molecular complexity index is 677. The van der Waals surface area contributed by atoms with Gasteiger partial charge in [0.1, 0.15) is 24.4 Å². The Labute approximate surface area is 186 Å². The molecule has 0 aliphatic carbocycles. The molecule has 32 heavy (non-hydrogen) atoms. The van der Waals surface area contributed by atoms with Crippen LogP contribution in [0.1, 0.15) is 26.2 Å². The predicted molar refractivity (Wildman–Crippen MR) is 107 cm³/mol. The van der Waals surface area contributed by atoms with Crippen molar-refractivity contribution >= 4 is 11.9 Å². The van der Waals surface area contributed by atoms with E-state index >= 15 is 0 Å².